The van der Waals surface area contributed by atoms with E-state index in [1.54, 1.807) is 26.0 Å². The van der Waals surface area contributed by atoms with Crippen LogP contribution in [0.5, 0.6) is 5.75 Å². The number of benzene rings is 1. The Kier molecular flexibility index (Phi) is 3.97. The minimum atomic E-state index is -1.08. The largest absolute Gasteiger partial charge is 0.480 e. The molecule has 0 spiro atoms. The van der Waals surface area contributed by atoms with Gasteiger partial charge in [-0.25, -0.2) is 4.79 Å². The van der Waals surface area contributed by atoms with E-state index in [9.17, 15) is 19.5 Å². The van der Waals surface area contributed by atoms with E-state index in [0.717, 1.165) is 0 Å². The van der Waals surface area contributed by atoms with E-state index in [4.69, 9.17) is 4.74 Å². The van der Waals surface area contributed by atoms with Crippen LogP contribution in [0.4, 0.5) is 5.69 Å². The first-order valence-electron chi connectivity index (χ1n) is 6.74. The number of amides is 1. The van der Waals surface area contributed by atoms with E-state index in [0.29, 0.717) is 17.0 Å². The molecule has 1 heterocycles. The fourth-order valence-corrected chi connectivity index (χ4v) is 2.37. The molecular formula is C15H17NO5. The number of anilines is 1. The molecule has 0 bridgehead atoms. The van der Waals surface area contributed by atoms with E-state index < -0.39 is 24.0 Å². The summed E-state index contributed by atoms with van der Waals surface area (Å²) < 4.78 is 5.49. The highest BCUT2D eigenvalue weighted by molar-refractivity contribution is 6.05. The fourth-order valence-electron chi connectivity index (χ4n) is 2.37. The maximum absolute atomic E-state index is 12.3. The molecule has 1 aliphatic heterocycles. The molecule has 1 N–H and O–H groups in total. The van der Waals surface area contributed by atoms with Crippen molar-refractivity contribution in [2.45, 2.75) is 39.3 Å². The van der Waals surface area contributed by atoms with Gasteiger partial charge in [0.2, 0.25) is 0 Å². The first kappa shape index (κ1) is 15.0. The van der Waals surface area contributed by atoms with Crippen LogP contribution < -0.4 is 9.64 Å². The van der Waals surface area contributed by atoms with Gasteiger partial charge in [0.05, 0.1) is 5.69 Å². The topological polar surface area (TPSA) is 83.9 Å². The van der Waals surface area contributed by atoms with Crippen LogP contribution in [0.3, 0.4) is 0 Å². The molecular weight excluding hydrogens is 274 g/mol. The zero-order chi connectivity index (χ0) is 15.7. The van der Waals surface area contributed by atoms with Crippen molar-refractivity contribution >= 4 is 23.3 Å². The predicted octanol–water partition coefficient (Wildman–Crippen LogP) is 1.87. The molecule has 1 aromatic carbocycles. The summed E-state index contributed by atoms with van der Waals surface area (Å²) in [5.74, 6) is -1.25. The second-order valence-corrected chi connectivity index (χ2v) is 4.97. The molecule has 0 aliphatic carbocycles. The molecule has 21 heavy (non-hydrogen) atoms. The average molecular weight is 291 g/mol. The highest BCUT2D eigenvalue weighted by atomic mass is 16.5. The van der Waals surface area contributed by atoms with Crippen molar-refractivity contribution in [2.24, 2.45) is 0 Å². The van der Waals surface area contributed by atoms with Crippen LogP contribution in [0, 0.1) is 0 Å². The molecule has 2 rings (SSSR count). The number of ketones is 1. The lowest BCUT2D eigenvalue weighted by Gasteiger charge is -2.36. The number of Topliss-reactive ketones (excluding diaryl/α,β-unsaturated/α-hetero) is 1. The number of nitrogens with zero attached hydrogens (tertiary/aromatic N) is 1. The van der Waals surface area contributed by atoms with Crippen LogP contribution >= 0.6 is 0 Å². The lowest BCUT2D eigenvalue weighted by molar-refractivity contribution is -0.141. The predicted molar refractivity (Wildman–Crippen MR) is 75.7 cm³/mol. The molecule has 0 aromatic heterocycles. The quantitative estimate of drug-likeness (QED) is 0.856. The summed E-state index contributed by atoms with van der Waals surface area (Å²) in [5.41, 5.74) is 0.741. The van der Waals surface area contributed by atoms with Gasteiger partial charge in [-0.15, -0.1) is 0 Å². The maximum atomic E-state index is 12.3. The number of hydrogen-bond donors (Lipinski definition) is 1. The lowest BCUT2D eigenvalue weighted by Crippen LogP contribution is -2.52. The number of ether oxygens (including phenoxy) is 1. The third-order valence-corrected chi connectivity index (χ3v) is 3.50. The van der Waals surface area contributed by atoms with E-state index in [2.05, 4.69) is 0 Å². The van der Waals surface area contributed by atoms with E-state index in [1.807, 2.05) is 0 Å². The molecule has 0 saturated carbocycles. The molecule has 1 amide bonds. The van der Waals surface area contributed by atoms with Gasteiger partial charge >= 0.3 is 5.97 Å². The maximum Gasteiger partial charge on any atom is 0.326 e. The first-order chi connectivity index (χ1) is 9.86. The molecule has 0 saturated heterocycles. The van der Waals surface area contributed by atoms with Crippen molar-refractivity contribution in [3.8, 4) is 5.75 Å². The van der Waals surface area contributed by atoms with Crippen LogP contribution in [0.15, 0.2) is 18.2 Å². The number of rotatable bonds is 4. The van der Waals surface area contributed by atoms with Gasteiger partial charge in [0.1, 0.15) is 11.8 Å². The van der Waals surface area contributed by atoms with Gasteiger partial charge in [0.25, 0.3) is 5.91 Å². The second-order valence-electron chi connectivity index (χ2n) is 4.97. The van der Waals surface area contributed by atoms with Gasteiger partial charge in [0, 0.05) is 5.56 Å². The standard InChI is InChI=1S/C15H17NO5/c1-4-11(15(19)20)16-12-7-10(8(2)17)5-6-13(12)21-9(3)14(16)18/h5-7,9,11H,4H2,1-3H3,(H,19,20). The van der Waals surface area contributed by atoms with Crippen molar-refractivity contribution in [2.75, 3.05) is 4.90 Å². The number of carbonyl (C=O) groups excluding carboxylic acids is 2. The summed E-state index contributed by atoms with van der Waals surface area (Å²) in [5, 5.41) is 9.33. The molecule has 2 unspecified atom stereocenters. The van der Waals surface area contributed by atoms with Crippen LogP contribution in [0.25, 0.3) is 0 Å². The van der Waals surface area contributed by atoms with Crippen molar-refractivity contribution < 1.29 is 24.2 Å². The third-order valence-electron chi connectivity index (χ3n) is 3.50. The monoisotopic (exact) mass is 291 g/mol. The number of fused-ring (bicyclic) bond motifs is 1. The molecule has 1 aliphatic rings. The molecule has 1 aromatic rings. The van der Waals surface area contributed by atoms with Gasteiger partial charge < -0.3 is 9.84 Å². The molecule has 6 heteroatoms. The van der Waals surface area contributed by atoms with Gasteiger partial charge in [-0.1, -0.05) is 6.92 Å². The Morgan fingerprint density at radius 3 is 2.62 bits per heavy atom. The number of carbonyl (C=O) groups is 3. The number of carboxylic acid groups (broad SMARTS) is 1. The summed E-state index contributed by atoms with van der Waals surface area (Å²) in [6.07, 6.45) is -0.494. The van der Waals surface area contributed by atoms with Crippen LogP contribution in [0.1, 0.15) is 37.6 Å². The Morgan fingerprint density at radius 1 is 1.43 bits per heavy atom. The molecule has 0 radical (unpaired) electrons. The number of hydrogen-bond acceptors (Lipinski definition) is 4. The van der Waals surface area contributed by atoms with Crippen LogP contribution in [-0.4, -0.2) is 34.9 Å². The Balaban J connectivity index is 2.59. The summed E-state index contributed by atoms with van der Waals surface area (Å²) in [6.45, 7) is 4.68. The fraction of sp³-hybridized carbons (Fsp3) is 0.400. The highest BCUT2D eigenvalue weighted by Gasteiger charge is 2.38. The van der Waals surface area contributed by atoms with Gasteiger partial charge in [-0.05, 0) is 38.5 Å². The van der Waals surface area contributed by atoms with Crippen LogP contribution in [-0.2, 0) is 9.59 Å². The van der Waals surface area contributed by atoms with Gasteiger partial charge in [-0.2, -0.15) is 0 Å². The SMILES string of the molecule is CCC(C(=O)O)N1C(=O)C(C)Oc2ccc(C(C)=O)cc21. The average Bonchev–Trinajstić information content (AvgIpc) is 2.42. The Labute approximate surface area is 122 Å². The van der Waals surface area contributed by atoms with Gasteiger partial charge in [-0.3, -0.25) is 14.5 Å². The normalized spacial score (nSPS) is 18.7. The molecule has 0 fully saturated rings. The summed E-state index contributed by atoms with van der Waals surface area (Å²) >= 11 is 0. The molecule has 112 valence electrons. The minimum Gasteiger partial charge on any atom is -0.480 e. The summed E-state index contributed by atoms with van der Waals surface area (Å²) in [4.78, 5) is 36.5. The minimum absolute atomic E-state index is 0.160. The molecule has 6 nitrogen and oxygen atoms in total. The Morgan fingerprint density at radius 2 is 2.10 bits per heavy atom. The van der Waals surface area contributed by atoms with E-state index >= 15 is 0 Å². The second kappa shape index (κ2) is 5.55. The van der Waals surface area contributed by atoms with Gasteiger partial charge in [0.15, 0.2) is 11.9 Å². The zero-order valence-corrected chi connectivity index (χ0v) is 12.1. The lowest BCUT2D eigenvalue weighted by atomic mass is 10.0. The van der Waals surface area contributed by atoms with Crippen LogP contribution in [0.2, 0.25) is 0 Å². The van der Waals surface area contributed by atoms with E-state index in [1.165, 1.54) is 17.9 Å². The summed E-state index contributed by atoms with van der Waals surface area (Å²) in [7, 11) is 0. The number of carboxylic acids is 1. The first-order valence-corrected chi connectivity index (χ1v) is 6.74. The third kappa shape index (κ3) is 2.61. The Bertz CT molecular complexity index is 610. The van der Waals surface area contributed by atoms with Crippen molar-refractivity contribution in [3.63, 3.8) is 0 Å². The highest BCUT2D eigenvalue weighted by Crippen LogP contribution is 2.36. The summed E-state index contributed by atoms with van der Waals surface area (Å²) in [6, 6.07) is 3.72. The van der Waals surface area contributed by atoms with Crippen molar-refractivity contribution in [1.82, 2.24) is 0 Å². The number of aliphatic carboxylic acids is 1. The molecule has 2 atom stereocenters. The van der Waals surface area contributed by atoms with Crippen molar-refractivity contribution in [3.05, 3.63) is 23.8 Å². The van der Waals surface area contributed by atoms with Crippen molar-refractivity contribution in [1.29, 1.82) is 0 Å². The smallest absolute Gasteiger partial charge is 0.326 e. The Hall–Kier alpha value is -2.37. The zero-order valence-electron chi connectivity index (χ0n) is 12.1. The van der Waals surface area contributed by atoms with E-state index in [-0.39, 0.29) is 12.2 Å².